The second-order valence-electron chi connectivity index (χ2n) is 5.48. The predicted octanol–water partition coefficient (Wildman–Crippen LogP) is 3.51. The molecule has 0 aliphatic rings. The molecule has 2 aromatic heterocycles. The summed E-state index contributed by atoms with van der Waals surface area (Å²) in [4.78, 5) is 10.2. The summed E-state index contributed by atoms with van der Waals surface area (Å²) in [6.07, 6.45) is 6.47. The van der Waals surface area contributed by atoms with Crippen molar-refractivity contribution in [3.63, 3.8) is 0 Å². The Morgan fingerprint density at radius 1 is 1.41 bits per heavy atom. The largest absolute Gasteiger partial charge is 0.357 e. The quantitative estimate of drug-likeness (QED) is 0.303. The van der Waals surface area contributed by atoms with Crippen LogP contribution in [0.15, 0.2) is 22.8 Å². The number of nitrogens with zero attached hydrogens (tertiary/aromatic N) is 3. The molecule has 0 atom stereocenters. The van der Waals surface area contributed by atoms with E-state index in [1.807, 2.05) is 22.2 Å². The zero-order valence-corrected chi connectivity index (χ0v) is 16.6. The van der Waals surface area contributed by atoms with Gasteiger partial charge in [0, 0.05) is 30.9 Å². The van der Waals surface area contributed by atoms with Crippen molar-refractivity contribution in [3.8, 4) is 0 Å². The van der Waals surface area contributed by atoms with Gasteiger partial charge in [0.15, 0.2) is 10.9 Å². The van der Waals surface area contributed by atoms with E-state index in [0.29, 0.717) is 6.54 Å². The molecule has 5 nitrogen and oxygen atoms in total. The molecule has 2 heterocycles. The molecule has 0 amide bonds. The molecule has 0 fully saturated rings. The van der Waals surface area contributed by atoms with Gasteiger partial charge in [-0.1, -0.05) is 13.8 Å². The minimum absolute atomic E-state index is 0. The molecule has 22 heavy (non-hydrogen) atoms. The van der Waals surface area contributed by atoms with Gasteiger partial charge in [-0.2, -0.15) is 0 Å². The molecule has 0 saturated heterocycles. The fourth-order valence-electron chi connectivity index (χ4n) is 2.07. The fourth-order valence-corrected chi connectivity index (χ4v) is 2.79. The summed E-state index contributed by atoms with van der Waals surface area (Å²) in [5, 5.41) is 8.69. The molecule has 0 saturated carbocycles. The van der Waals surface area contributed by atoms with Crippen LogP contribution >= 0.6 is 35.3 Å². The number of guanidine groups is 1. The first-order chi connectivity index (χ1) is 10.2. The summed E-state index contributed by atoms with van der Waals surface area (Å²) in [5.74, 6) is 1.63. The van der Waals surface area contributed by atoms with Crippen LogP contribution in [0.5, 0.6) is 0 Å². The van der Waals surface area contributed by atoms with Crippen LogP contribution in [-0.4, -0.2) is 28.4 Å². The van der Waals surface area contributed by atoms with E-state index in [0.717, 1.165) is 35.6 Å². The lowest BCUT2D eigenvalue weighted by Gasteiger charge is -2.11. The van der Waals surface area contributed by atoms with Crippen molar-refractivity contribution < 1.29 is 0 Å². The molecule has 0 radical (unpaired) electrons. The third-order valence-corrected chi connectivity index (χ3v) is 3.91. The van der Waals surface area contributed by atoms with Crippen molar-refractivity contribution in [1.82, 2.24) is 20.0 Å². The standard InChI is InChI=1S/C15H25N5S.HI/c1-4-16-14(17-7-5-6-12(2)3)18-10-13-11-20-8-9-21-15(20)19-13;/h8-9,11-12H,4-7,10H2,1-3H3,(H2,16,17,18);1H. The summed E-state index contributed by atoms with van der Waals surface area (Å²) < 4.78 is 2.04. The average molecular weight is 435 g/mol. The second-order valence-corrected chi connectivity index (χ2v) is 6.36. The van der Waals surface area contributed by atoms with Gasteiger partial charge in [0.05, 0.1) is 12.2 Å². The summed E-state index contributed by atoms with van der Waals surface area (Å²) in [6, 6.07) is 0. The van der Waals surface area contributed by atoms with Crippen LogP contribution in [0, 0.1) is 5.92 Å². The lowest BCUT2D eigenvalue weighted by molar-refractivity contribution is 0.549. The van der Waals surface area contributed by atoms with E-state index in [4.69, 9.17) is 0 Å². The number of hydrogen-bond donors (Lipinski definition) is 2. The molecule has 0 aromatic carbocycles. The molecule has 2 aromatic rings. The smallest absolute Gasteiger partial charge is 0.193 e. The number of halogens is 1. The number of fused-ring (bicyclic) bond motifs is 1. The van der Waals surface area contributed by atoms with Crippen LogP contribution < -0.4 is 10.6 Å². The van der Waals surface area contributed by atoms with Crippen LogP contribution in [0.3, 0.4) is 0 Å². The molecule has 0 aliphatic carbocycles. The Morgan fingerprint density at radius 2 is 2.23 bits per heavy atom. The maximum atomic E-state index is 4.60. The topological polar surface area (TPSA) is 53.7 Å². The Morgan fingerprint density at radius 3 is 2.91 bits per heavy atom. The summed E-state index contributed by atoms with van der Waals surface area (Å²) in [6.45, 7) is 9.02. The summed E-state index contributed by atoms with van der Waals surface area (Å²) in [7, 11) is 0. The number of rotatable bonds is 7. The Bertz CT molecular complexity index is 547. The maximum Gasteiger partial charge on any atom is 0.193 e. The summed E-state index contributed by atoms with van der Waals surface area (Å²) in [5.41, 5.74) is 1.00. The van der Waals surface area contributed by atoms with Crippen LogP contribution in [-0.2, 0) is 6.54 Å². The Balaban J connectivity index is 0.00000242. The highest BCUT2D eigenvalue weighted by atomic mass is 127. The van der Waals surface area contributed by atoms with Crippen LogP contribution in [0.25, 0.3) is 4.96 Å². The first-order valence-corrected chi connectivity index (χ1v) is 8.50. The minimum Gasteiger partial charge on any atom is -0.357 e. The van der Waals surface area contributed by atoms with Gasteiger partial charge >= 0.3 is 0 Å². The lowest BCUT2D eigenvalue weighted by atomic mass is 10.1. The van der Waals surface area contributed by atoms with Crippen molar-refractivity contribution >= 4 is 46.2 Å². The van der Waals surface area contributed by atoms with Gasteiger partial charge < -0.3 is 10.6 Å². The first-order valence-electron chi connectivity index (χ1n) is 7.62. The van der Waals surface area contributed by atoms with Crippen molar-refractivity contribution in [1.29, 1.82) is 0 Å². The zero-order valence-electron chi connectivity index (χ0n) is 13.5. The Kier molecular flexibility index (Phi) is 8.77. The summed E-state index contributed by atoms with van der Waals surface area (Å²) >= 11 is 1.64. The van der Waals surface area contributed by atoms with Gasteiger partial charge in [-0.05, 0) is 25.7 Å². The van der Waals surface area contributed by atoms with E-state index in [9.17, 15) is 0 Å². The number of thiazole rings is 1. The van der Waals surface area contributed by atoms with Gasteiger partial charge in [-0.3, -0.25) is 4.40 Å². The number of imidazole rings is 1. The predicted molar refractivity (Wildman–Crippen MR) is 105 cm³/mol. The SMILES string of the molecule is CCNC(=NCc1cn2ccsc2n1)NCCCC(C)C.I. The number of aromatic nitrogens is 2. The van der Waals surface area contributed by atoms with Gasteiger partial charge in [0.1, 0.15) is 0 Å². The third-order valence-electron chi connectivity index (χ3n) is 3.14. The van der Waals surface area contributed by atoms with Crippen LogP contribution in [0.4, 0.5) is 0 Å². The van der Waals surface area contributed by atoms with Crippen LogP contribution in [0.2, 0.25) is 0 Å². The Hall–Kier alpha value is -0.830. The highest BCUT2D eigenvalue weighted by Crippen LogP contribution is 2.11. The van der Waals surface area contributed by atoms with E-state index >= 15 is 0 Å². The van der Waals surface area contributed by atoms with Crippen molar-refractivity contribution in [2.45, 2.75) is 40.2 Å². The average Bonchev–Trinajstić information content (AvgIpc) is 3.01. The van der Waals surface area contributed by atoms with Crippen molar-refractivity contribution in [2.75, 3.05) is 13.1 Å². The monoisotopic (exact) mass is 435 g/mol. The zero-order chi connectivity index (χ0) is 15.1. The molecule has 0 aliphatic heterocycles. The molecule has 0 spiro atoms. The van der Waals surface area contributed by atoms with E-state index in [1.54, 1.807) is 11.3 Å². The van der Waals surface area contributed by atoms with Gasteiger partial charge in [0.2, 0.25) is 0 Å². The normalized spacial score (nSPS) is 11.7. The van der Waals surface area contributed by atoms with Gasteiger partial charge in [-0.25, -0.2) is 9.98 Å². The molecule has 2 rings (SSSR count). The number of nitrogens with one attached hydrogen (secondary N) is 2. The molecule has 7 heteroatoms. The van der Waals surface area contributed by atoms with Crippen LogP contribution in [0.1, 0.15) is 39.3 Å². The van der Waals surface area contributed by atoms with Crippen molar-refractivity contribution in [2.24, 2.45) is 10.9 Å². The van der Waals surface area contributed by atoms with E-state index < -0.39 is 0 Å². The highest BCUT2D eigenvalue weighted by Gasteiger charge is 2.03. The minimum atomic E-state index is 0. The second kappa shape index (κ2) is 10.0. The van der Waals surface area contributed by atoms with E-state index in [1.165, 1.54) is 12.8 Å². The Labute approximate surface area is 153 Å². The van der Waals surface area contributed by atoms with E-state index in [-0.39, 0.29) is 24.0 Å². The molecule has 0 bridgehead atoms. The number of hydrogen-bond acceptors (Lipinski definition) is 3. The maximum absolute atomic E-state index is 4.60. The third kappa shape index (κ3) is 6.12. The van der Waals surface area contributed by atoms with E-state index in [2.05, 4.69) is 41.4 Å². The molecular weight excluding hydrogens is 409 g/mol. The van der Waals surface area contributed by atoms with Crippen molar-refractivity contribution in [3.05, 3.63) is 23.5 Å². The highest BCUT2D eigenvalue weighted by molar-refractivity contribution is 14.0. The van der Waals surface area contributed by atoms with Gasteiger partial charge in [0.25, 0.3) is 0 Å². The molecule has 2 N–H and O–H groups in total. The van der Waals surface area contributed by atoms with Gasteiger partial charge in [-0.15, -0.1) is 35.3 Å². The molecular formula is C15H26IN5S. The lowest BCUT2D eigenvalue weighted by Crippen LogP contribution is -2.37. The number of aliphatic imine (C=N–C) groups is 1. The fraction of sp³-hybridized carbons (Fsp3) is 0.600. The molecule has 0 unspecified atom stereocenters. The first kappa shape index (κ1) is 19.2. The molecule has 124 valence electrons.